The molecule has 0 aliphatic carbocycles. The average molecular weight is 449 g/mol. The van der Waals surface area contributed by atoms with Gasteiger partial charge >= 0.3 is 60.8 Å². The van der Waals surface area contributed by atoms with E-state index in [1.807, 2.05) is 0 Å². The molecule has 0 aromatic carbocycles. The molecule has 0 heterocycles. The van der Waals surface area contributed by atoms with Gasteiger partial charge in [-0.2, -0.15) is 0 Å². The summed E-state index contributed by atoms with van der Waals surface area (Å²) < 4.78 is 106. The van der Waals surface area contributed by atoms with Gasteiger partial charge in [0.15, 0.2) is 41.2 Å². The van der Waals surface area contributed by atoms with Crippen LogP contribution in [0.25, 0.3) is 0 Å². The first-order valence-corrected chi connectivity index (χ1v) is 8.83. The maximum Gasteiger partial charge on any atom is 2.00 e. The Morgan fingerprint density at radius 3 is 0.455 bits per heavy atom. The second-order valence-corrected chi connectivity index (χ2v) is 5.91. The summed E-state index contributed by atoms with van der Waals surface area (Å²) in [4.78, 5) is 0. The zero-order chi connectivity index (χ0) is 18.0. The summed E-state index contributed by atoms with van der Waals surface area (Å²) in [7, 11) is -17.7. The first-order valence-electron chi connectivity index (χ1n) is 2.94. The van der Waals surface area contributed by atoms with Crippen molar-refractivity contribution in [3.8, 4) is 0 Å². The molecule has 0 radical (unpaired) electrons. The fourth-order valence-corrected chi connectivity index (χ4v) is 0. The first-order chi connectivity index (χ1) is 8.00. The summed E-state index contributed by atoms with van der Waals surface area (Å²) in [6, 6.07) is 0. The van der Waals surface area contributed by atoms with E-state index in [9.17, 15) is 0 Å². The minimum absolute atomic E-state index is 0. The topological polar surface area (TPSA) is 333 Å². The first kappa shape index (κ1) is 38.9. The molecular formula is H8CaMgN4O12S4. The predicted octanol–water partition coefficient (Wildman–Crippen LogP) is -7.14. The molecule has 0 saturated heterocycles. The van der Waals surface area contributed by atoms with Gasteiger partial charge in [-0.15, -0.1) is 0 Å². The predicted molar refractivity (Wildman–Crippen MR) is 67.0 cm³/mol. The summed E-state index contributed by atoms with van der Waals surface area (Å²) in [6.07, 6.45) is 0. The maximum absolute atomic E-state index is 8.85. The van der Waals surface area contributed by atoms with Crippen LogP contribution in [-0.2, 0) is 41.2 Å². The molecule has 0 bridgehead atoms. The monoisotopic (exact) mass is 448 g/mol. The SMILES string of the molecule is NS(=O)(=O)[O-].NS(=O)(=O)[O-].NS(=O)(=O)[O-].NS(=O)(=O)[O-].[Ca+2].[Mg+2]. The zero-order valence-corrected chi connectivity index (χ0v) is 17.1. The van der Waals surface area contributed by atoms with Crippen molar-refractivity contribution >= 4 is 102 Å². The van der Waals surface area contributed by atoms with Crippen molar-refractivity contribution in [3.05, 3.63) is 0 Å². The van der Waals surface area contributed by atoms with E-state index in [1.54, 1.807) is 0 Å². The molecule has 0 amide bonds. The van der Waals surface area contributed by atoms with E-state index in [1.165, 1.54) is 0 Å². The van der Waals surface area contributed by atoms with Crippen LogP contribution in [0.4, 0.5) is 0 Å². The molecule has 0 saturated carbocycles. The van der Waals surface area contributed by atoms with Crippen molar-refractivity contribution in [3.63, 3.8) is 0 Å². The fourth-order valence-electron chi connectivity index (χ4n) is 0. The number of hydrogen-bond donors (Lipinski definition) is 4. The van der Waals surface area contributed by atoms with E-state index in [2.05, 4.69) is 20.6 Å². The van der Waals surface area contributed by atoms with E-state index in [4.69, 9.17) is 51.9 Å². The van der Waals surface area contributed by atoms with Crippen molar-refractivity contribution in [2.24, 2.45) is 20.6 Å². The Morgan fingerprint density at radius 2 is 0.455 bits per heavy atom. The molecule has 0 aromatic rings. The van der Waals surface area contributed by atoms with Crippen LogP contribution in [0.15, 0.2) is 0 Å². The Balaban J connectivity index is -0.0000000376. The van der Waals surface area contributed by atoms with E-state index < -0.39 is 41.2 Å². The molecule has 0 rings (SSSR count). The minimum atomic E-state index is -4.42. The van der Waals surface area contributed by atoms with E-state index in [-0.39, 0.29) is 60.8 Å². The smallest absolute Gasteiger partial charge is 0.736 e. The maximum atomic E-state index is 8.85. The van der Waals surface area contributed by atoms with Crippen LogP contribution in [0.2, 0.25) is 0 Å². The fraction of sp³-hybridized carbons (Fsp3) is 0. The molecule has 22 heavy (non-hydrogen) atoms. The van der Waals surface area contributed by atoms with Crippen LogP contribution in [-0.4, -0.2) is 113 Å². The van der Waals surface area contributed by atoms with Crippen LogP contribution >= 0.6 is 0 Å². The van der Waals surface area contributed by atoms with Gasteiger partial charge in [0, 0.05) is 0 Å². The third-order valence-electron chi connectivity index (χ3n) is 0. The quantitative estimate of drug-likeness (QED) is 0.198. The van der Waals surface area contributed by atoms with Gasteiger partial charge in [0.1, 0.15) is 0 Å². The van der Waals surface area contributed by atoms with E-state index in [0.717, 1.165) is 0 Å². The number of rotatable bonds is 0. The molecule has 0 spiro atoms. The van der Waals surface area contributed by atoms with Crippen LogP contribution < -0.4 is 20.6 Å². The molecule has 128 valence electrons. The van der Waals surface area contributed by atoms with Gasteiger partial charge in [-0.3, -0.25) is 0 Å². The molecule has 16 nitrogen and oxygen atoms in total. The summed E-state index contributed by atoms with van der Waals surface area (Å²) in [5.41, 5.74) is 0. The Morgan fingerprint density at radius 1 is 0.455 bits per heavy atom. The minimum Gasteiger partial charge on any atom is -0.736 e. The van der Waals surface area contributed by atoms with Crippen LogP contribution in [0.1, 0.15) is 0 Å². The Bertz CT molecular complexity index is 492. The summed E-state index contributed by atoms with van der Waals surface area (Å²) in [5, 5.41) is 15.1. The molecule has 0 atom stereocenters. The van der Waals surface area contributed by atoms with Gasteiger partial charge in [-0.1, -0.05) is 0 Å². The van der Waals surface area contributed by atoms with Crippen LogP contribution in [0.3, 0.4) is 0 Å². The van der Waals surface area contributed by atoms with Gasteiger partial charge < -0.3 is 18.2 Å². The van der Waals surface area contributed by atoms with Gasteiger partial charge in [-0.05, 0) is 0 Å². The van der Waals surface area contributed by atoms with E-state index in [0.29, 0.717) is 0 Å². The van der Waals surface area contributed by atoms with Gasteiger partial charge in [0.2, 0.25) is 0 Å². The molecule has 0 aromatic heterocycles. The summed E-state index contributed by atoms with van der Waals surface area (Å²) in [5.74, 6) is 0. The Kier molecular flexibility index (Phi) is 28.3. The van der Waals surface area contributed by atoms with Crippen molar-refractivity contribution in [2.45, 2.75) is 0 Å². The molecular weight excluding hydrogens is 441 g/mol. The summed E-state index contributed by atoms with van der Waals surface area (Å²) in [6.45, 7) is 0. The third-order valence-corrected chi connectivity index (χ3v) is 0. The molecule has 0 aliphatic rings. The standard InChI is InChI=1S/Ca.Mg.4H3NO3S/c;;4*1-5(2,3)4/h;;4*(H3,1,2,3,4)/q2*+2;;;;/p-4. The molecule has 0 unspecified atom stereocenters. The van der Waals surface area contributed by atoms with Crippen LogP contribution in [0, 0.1) is 0 Å². The second kappa shape index (κ2) is 16.0. The number of nitrogens with two attached hydrogens (primary N) is 4. The van der Waals surface area contributed by atoms with Gasteiger partial charge in [-0.25, -0.2) is 54.2 Å². The Hall–Kier alpha value is 1.51. The largest absolute Gasteiger partial charge is 2.00 e. The normalized spacial score (nSPS) is 10.5. The molecule has 8 N–H and O–H groups in total. The van der Waals surface area contributed by atoms with Gasteiger partial charge in [0.25, 0.3) is 0 Å². The second-order valence-electron chi connectivity index (χ2n) is 1.97. The third kappa shape index (κ3) is 3990. The average Bonchev–Trinajstić information content (AvgIpc) is 1.62. The van der Waals surface area contributed by atoms with Crippen molar-refractivity contribution < 1.29 is 51.9 Å². The summed E-state index contributed by atoms with van der Waals surface area (Å²) >= 11 is 0. The van der Waals surface area contributed by atoms with Crippen molar-refractivity contribution in [2.75, 3.05) is 0 Å². The molecule has 0 fully saturated rings. The number of hydrogen-bond acceptors (Lipinski definition) is 12. The van der Waals surface area contributed by atoms with Crippen LogP contribution in [0.5, 0.6) is 0 Å². The molecule has 0 aliphatic heterocycles. The van der Waals surface area contributed by atoms with Crippen molar-refractivity contribution in [1.29, 1.82) is 0 Å². The van der Waals surface area contributed by atoms with Crippen molar-refractivity contribution in [1.82, 2.24) is 0 Å². The van der Waals surface area contributed by atoms with Gasteiger partial charge in [0.05, 0.1) is 0 Å². The zero-order valence-electron chi connectivity index (χ0n) is 10.3. The molecule has 22 heteroatoms. The Labute approximate surface area is 172 Å². The van der Waals surface area contributed by atoms with E-state index >= 15 is 0 Å².